The topological polar surface area (TPSA) is 15.3 Å². The molecule has 1 unspecified atom stereocenters. The van der Waals surface area contributed by atoms with Crippen LogP contribution in [0.3, 0.4) is 0 Å². The summed E-state index contributed by atoms with van der Waals surface area (Å²) in [6, 6.07) is 5.42. The lowest BCUT2D eigenvalue weighted by molar-refractivity contribution is 0.233. The molecule has 0 bridgehead atoms. The van der Waals surface area contributed by atoms with Gasteiger partial charge in [0.15, 0.2) is 0 Å². The van der Waals surface area contributed by atoms with Gasteiger partial charge in [-0.05, 0) is 55.7 Å². The van der Waals surface area contributed by atoms with E-state index in [0.29, 0.717) is 0 Å². The van der Waals surface area contributed by atoms with Crippen LogP contribution in [0.25, 0.3) is 0 Å². The SMILES string of the molecule is CC(C)(C)c1ccc(CN(CC2CC2)CC2CCCN2)s1. The normalized spacial score (nSPS) is 23.1. The lowest BCUT2D eigenvalue weighted by Gasteiger charge is -2.25. The van der Waals surface area contributed by atoms with Gasteiger partial charge in [0.2, 0.25) is 0 Å². The summed E-state index contributed by atoms with van der Waals surface area (Å²) >= 11 is 2.01. The third-order valence-corrected chi connectivity index (χ3v) is 6.13. The van der Waals surface area contributed by atoms with E-state index in [0.717, 1.165) is 18.5 Å². The fourth-order valence-corrected chi connectivity index (χ4v) is 4.29. The van der Waals surface area contributed by atoms with Crippen LogP contribution in [0.1, 0.15) is 56.2 Å². The molecule has 2 aliphatic rings. The van der Waals surface area contributed by atoms with Gasteiger partial charge in [-0.2, -0.15) is 0 Å². The maximum Gasteiger partial charge on any atom is 0.0328 e. The summed E-state index contributed by atoms with van der Waals surface area (Å²) in [6.45, 7) is 11.8. The van der Waals surface area contributed by atoms with Crippen LogP contribution in [0, 0.1) is 5.92 Å². The Morgan fingerprint density at radius 1 is 1.19 bits per heavy atom. The van der Waals surface area contributed by atoms with Crippen molar-refractivity contribution in [1.29, 1.82) is 0 Å². The Balaban J connectivity index is 1.60. The summed E-state index contributed by atoms with van der Waals surface area (Å²) in [7, 11) is 0. The Morgan fingerprint density at radius 3 is 2.57 bits per heavy atom. The number of rotatable bonds is 6. The molecule has 3 rings (SSSR count). The zero-order chi connectivity index (χ0) is 14.9. The fourth-order valence-electron chi connectivity index (χ4n) is 3.18. The van der Waals surface area contributed by atoms with E-state index in [1.807, 2.05) is 11.3 Å². The Labute approximate surface area is 133 Å². The van der Waals surface area contributed by atoms with E-state index in [1.165, 1.54) is 50.2 Å². The highest BCUT2D eigenvalue weighted by atomic mass is 32.1. The molecule has 21 heavy (non-hydrogen) atoms. The first-order chi connectivity index (χ1) is 10.0. The second-order valence-corrected chi connectivity index (χ2v) is 9.12. The molecule has 1 aliphatic carbocycles. The average Bonchev–Trinajstić information content (AvgIpc) is 2.90. The van der Waals surface area contributed by atoms with Gasteiger partial charge in [0.1, 0.15) is 0 Å². The Bertz CT molecular complexity index is 450. The number of hydrogen-bond acceptors (Lipinski definition) is 3. The van der Waals surface area contributed by atoms with Gasteiger partial charge in [-0.3, -0.25) is 4.90 Å². The van der Waals surface area contributed by atoms with E-state index in [-0.39, 0.29) is 5.41 Å². The molecular weight excluding hydrogens is 276 g/mol. The van der Waals surface area contributed by atoms with Crippen LogP contribution >= 0.6 is 11.3 Å². The number of thiophene rings is 1. The molecule has 0 radical (unpaired) electrons. The lowest BCUT2D eigenvalue weighted by atomic mass is 9.95. The van der Waals surface area contributed by atoms with Gasteiger partial charge in [0, 0.05) is 35.4 Å². The monoisotopic (exact) mass is 306 g/mol. The second-order valence-electron chi connectivity index (χ2n) is 7.95. The van der Waals surface area contributed by atoms with Gasteiger partial charge in [-0.1, -0.05) is 20.8 Å². The van der Waals surface area contributed by atoms with Crippen LogP contribution < -0.4 is 5.32 Å². The van der Waals surface area contributed by atoms with Crippen molar-refractivity contribution < 1.29 is 0 Å². The minimum Gasteiger partial charge on any atom is -0.313 e. The molecule has 1 saturated heterocycles. The summed E-state index contributed by atoms with van der Waals surface area (Å²) in [6.07, 6.45) is 5.62. The molecule has 1 N–H and O–H groups in total. The summed E-state index contributed by atoms with van der Waals surface area (Å²) in [5.74, 6) is 0.980. The predicted octanol–water partition coefficient (Wildman–Crippen LogP) is 4.01. The third kappa shape index (κ3) is 4.54. The average molecular weight is 307 g/mol. The van der Waals surface area contributed by atoms with Crippen molar-refractivity contribution in [3.8, 4) is 0 Å². The predicted molar refractivity (Wildman–Crippen MR) is 92.0 cm³/mol. The lowest BCUT2D eigenvalue weighted by Crippen LogP contribution is -2.38. The molecule has 1 aromatic heterocycles. The van der Waals surface area contributed by atoms with Crippen LogP contribution in [0.4, 0.5) is 0 Å². The molecule has 2 nitrogen and oxygen atoms in total. The Hall–Kier alpha value is -0.380. The maximum absolute atomic E-state index is 3.66. The smallest absolute Gasteiger partial charge is 0.0328 e. The quantitative estimate of drug-likeness (QED) is 0.854. The summed E-state index contributed by atoms with van der Waals surface area (Å²) in [5, 5.41) is 3.66. The van der Waals surface area contributed by atoms with Gasteiger partial charge in [-0.25, -0.2) is 0 Å². The van der Waals surface area contributed by atoms with Crippen molar-refractivity contribution in [3.63, 3.8) is 0 Å². The van der Waals surface area contributed by atoms with E-state index in [9.17, 15) is 0 Å². The second kappa shape index (κ2) is 6.39. The van der Waals surface area contributed by atoms with E-state index < -0.39 is 0 Å². The summed E-state index contributed by atoms with van der Waals surface area (Å²) in [4.78, 5) is 5.76. The third-order valence-electron chi connectivity index (χ3n) is 4.63. The highest BCUT2D eigenvalue weighted by Crippen LogP contribution is 2.33. The number of hydrogen-bond donors (Lipinski definition) is 1. The molecule has 1 saturated carbocycles. The molecule has 1 aliphatic heterocycles. The van der Waals surface area contributed by atoms with Gasteiger partial charge < -0.3 is 5.32 Å². The minimum atomic E-state index is 0.289. The Morgan fingerprint density at radius 2 is 2.00 bits per heavy atom. The zero-order valence-electron chi connectivity index (χ0n) is 13.8. The van der Waals surface area contributed by atoms with E-state index in [2.05, 4.69) is 43.1 Å². The molecular formula is C18H30N2S. The molecule has 2 heterocycles. The standard InChI is InChI=1S/C18H30N2S/c1-18(2,3)17-9-8-16(21-17)13-20(11-14-6-7-14)12-15-5-4-10-19-15/h8-9,14-15,19H,4-7,10-13H2,1-3H3. The first kappa shape index (κ1) is 15.5. The molecule has 118 valence electrons. The van der Waals surface area contributed by atoms with E-state index in [4.69, 9.17) is 0 Å². The molecule has 3 heteroatoms. The van der Waals surface area contributed by atoms with E-state index in [1.54, 1.807) is 4.88 Å². The molecule has 1 aromatic rings. The van der Waals surface area contributed by atoms with E-state index >= 15 is 0 Å². The number of nitrogens with one attached hydrogen (secondary N) is 1. The largest absolute Gasteiger partial charge is 0.313 e. The first-order valence-electron chi connectivity index (χ1n) is 8.55. The van der Waals surface area contributed by atoms with Crippen molar-refractivity contribution >= 4 is 11.3 Å². The summed E-state index contributed by atoms with van der Waals surface area (Å²) < 4.78 is 0. The van der Waals surface area contributed by atoms with Crippen molar-refractivity contribution in [3.05, 3.63) is 21.9 Å². The van der Waals surface area contributed by atoms with Gasteiger partial charge in [-0.15, -0.1) is 11.3 Å². The minimum absolute atomic E-state index is 0.289. The van der Waals surface area contributed by atoms with Gasteiger partial charge in [0.25, 0.3) is 0 Å². The van der Waals surface area contributed by atoms with Gasteiger partial charge in [0.05, 0.1) is 0 Å². The van der Waals surface area contributed by atoms with Crippen molar-refractivity contribution in [1.82, 2.24) is 10.2 Å². The first-order valence-corrected chi connectivity index (χ1v) is 9.37. The maximum atomic E-state index is 3.66. The van der Waals surface area contributed by atoms with Gasteiger partial charge >= 0.3 is 0 Å². The van der Waals surface area contributed by atoms with Crippen LogP contribution in [0.2, 0.25) is 0 Å². The highest BCUT2D eigenvalue weighted by Gasteiger charge is 2.27. The van der Waals surface area contributed by atoms with Crippen molar-refractivity contribution in [2.75, 3.05) is 19.6 Å². The number of nitrogens with zero attached hydrogens (tertiary/aromatic N) is 1. The van der Waals surface area contributed by atoms with Crippen LogP contribution in [-0.4, -0.2) is 30.6 Å². The van der Waals surface area contributed by atoms with Crippen LogP contribution in [0.15, 0.2) is 12.1 Å². The van der Waals surface area contributed by atoms with Crippen molar-refractivity contribution in [2.45, 2.75) is 64.5 Å². The molecule has 0 spiro atoms. The molecule has 2 fully saturated rings. The van der Waals surface area contributed by atoms with Crippen LogP contribution in [-0.2, 0) is 12.0 Å². The summed E-state index contributed by atoms with van der Waals surface area (Å²) in [5.41, 5.74) is 0.289. The Kier molecular flexibility index (Phi) is 4.72. The van der Waals surface area contributed by atoms with Crippen molar-refractivity contribution in [2.24, 2.45) is 5.92 Å². The highest BCUT2D eigenvalue weighted by molar-refractivity contribution is 7.12. The van der Waals surface area contributed by atoms with Crippen LogP contribution in [0.5, 0.6) is 0 Å². The molecule has 0 aromatic carbocycles. The molecule has 0 amide bonds. The zero-order valence-corrected chi connectivity index (χ0v) is 14.6. The fraction of sp³-hybridized carbons (Fsp3) is 0.778. The molecule has 1 atom stereocenters.